The molecular weight excluding hydrogens is 186 g/mol. The van der Waals surface area contributed by atoms with E-state index in [4.69, 9.17) is 0 Å². The highest BCUT2D eigenvalue weighted by Crippen LogP contribution is 2.18. The van der Waals surface area contributed by atoms with Crippen molar-refractivity contribution in [1.29, 1.82) is 0 Å². The molecule has 0 spiro atoms. The van der Waals surface area contributed by atoms with Crippen molar-refractivity contribution in [3.05, 3.63) is 30.3 Å². The van der Waals surface area contributed by atoms with E-state index in [1.165, 1.54) is 5.69 Å². The van der Waals surface area contributed by atoms with Crippen LogP contribution < -0.4 is 10.4 Å². The highest BCUT2D eigenvalue weighted by Gasteiger charge is 2.24. The van der Waals surface area contributed by atoms with E-state index in [2.05, 4.69) is 53.5 Å². The third-order valence-corrected chi connectivity index (χ3v) is 2.57. The Morgan fingerprint density at radius 3 is 2.80 bits per heavy atom. The molecule has 1 atom stereocenters. The van der Waals surface area contributed by atoms with Crippen LogP contribution in [-0.4, -0.2) is 18.9 Å². The largest absolute Gasteiger partial charge is 0.286 e. The van der Waals surface area contributed by atoms with Crippen LogP contribution >= 0.6 is 0 Å². The summed E-state index contributed by atoms with van der Waals surface area (Å²) in [7, 11) is 0. The smallest absolute Gasteiger partial charge is 0.120 e. The molecule has 0 aromatic heterocycles. The molecule has 1 aromatic rings. The highest BCUT2D eigenvalue weighted by molar-refractivity contribution is 5.89. The molecule has 0 amide bonds. The molecule has 0 aliphatic carbocycles. The van der Waals surface area contributed by atoms with Crippen molar-refractivity contribution in [3.8, 4) is 0 Å². The topological polar surface area (TPSA) is 27.6 Å². The van der Waals surface area contributed by atoms with Crippen LogP contribution in [0.5, 0.6) is 0 Å². The second kappa shape index (κ2) is 4.34. The fourth-order valence-corrected chi connectivity index (χ4v) is 1.79. The van der Waals surface area contributed by atoms with E-state index in [1.807, 2.05) is 6.07 Å². The van der Waals surface area contributed by atoms with Crippen LogP contribution in [0.1, 0.15) is 13.8 Å². The van der Waals surface area contributed by atoms with E-state index in [9.17, 15) is 0 Å². The number of hydrogen-bond acceptors (Lipinski definition) is 2. The van der Waals surface area contributed by atoms with Crippen LogP contribution in [-0.2, 0) is 0 Å². The van der Waals surface area contributed by atoms with Crippen molar-refractivity contribution in [2.24, 2.45) is 10.9 Å². The number of nitrogens with zero attached hydrogens (tertiary/aromatic N) is 2. The molecule has 1 aliphatic rings. The molecule has 1 N–H and O–H groups in total. The first-order valence-electron chi connectivity index (χ1n) is 5.45. The van der Waals surface area contributed by atoms with Gasteiger partial charge in [0.15, 0.2) is 0 Å². The molecule has 3 nitrogen and oxygen atoms in total. The standard InChI is InChI=1S/C12H17N3/c1-3-13-12-10(2)9-15(14-12)11-7-5-4-6-8-11/h4-8,10H,3,9H2,1-2H3,(H,13,14). The second-order valence-corrected chi connectivity index (χ2v) is 3.82. The summed E-state index contributed by atoms with van der Waals surface area (Å²) in [5, 5.41) is 2.15. The van der Waals surface area contributed by atoms with Gasteiger partial charge in [-0.15, -0.1) is 0 Å². The molecule has 0 bridgehead atoms. The lowest BCUT2D eigenvalue weighted by molar-refractivity contribution is 0.773. The van der Waals surface area contributed by atoms with Crippen LogP contribution in [0, 0.1) is 5.92 Å². The van der Waals surface area contributed by atoms with Crippen molar-refractivity contribution in [1.82, 2.24) is 5.43 Å². The summed E-state index contributed by atoms with van der Waals surface area (Å²) in [6.45, 7) is 6.09. The number of hydrazine groups is 1. The summed E-state index contributed by atoms with van der Waals surface area (Å²) in [5.41, 5.74) is 4.54. The summed E-state index contributed by atoms with van der Waals surface area (Å²) in [6.07, 6.45) is 0. The van der Waals surface area contributed by atoms with Gasteiger partial charge in [0.05, 0.1) is 5.69 Å². The highest BCUT2D eigenvalue weighted by atomic mass is 15.5. The molecule has 1 aliphatic heterocycles. The zero-order valence-corrected chi connectivity index (χ0v) is 9.27. The Morgan fingerprint density at radius 1 is 1.40 bits per heavy atom. The Morgan fingerprint density at radius 2 is 2.13 bits per heavy atom. The Kier molecular flexibility index (Phi) is 2.90. The quantitative estimate of drug-likeness (QED) is 0.796. The van der Waals surface area contributed by atoms with E-state index in [1.54, 1.807) is 0 Å². The zero-order valence-electron chi connectivity index (χ0n) is 9.27. The Labute approximate surface area is 90.8 Å². The van der Waals surface area contributed by atoms with E-state index in [0.717, 1.165) is 18.9 Å². The second-order valence-electron chi connectivity index (χ2n) is 3.82. The molecule has 15 heavy (non-hydrogen) atoms. The van der Waals surface area contributed by atoms with Crippen LogP contribution in [0.15, 0.2) is 35.3 Å². The fourth-order valence-electron chi connectivity index (χ4n) is 1.79. The molecular formula is C12H17N3. The van der Waals surface area contributed by atoms with Gasteiger partial charge >= 0.3 is 0 Å². The molecule has 80 valence electrons. The van der Waals surface area contributed by atoms with Crippen LogP contribution in [0.25, 0.3) is 0 Å². The van der Waals surface area contributed by atoms with E-state index in [-0.39, 0.29) is 0 Å². The number of anilines is 1. The first kappa shape index (κ1) is 10.0. The summed E-state index contributed by atoms with van der Waals surface area (Å²) < 4.78 is 0. The number of nitrogens with one attached hydrogen (secondary N) is 1. The molecule has 1 saturated heterocycles. The number of rotatable bonds is 2. The normalized spacial score (nSPS) is 23.2. The number of aliphatic imine (C=N–C) groups is 1. The molecule has 0 saturated carbocycles. The maximum absolute atomic E-state index is 4.44. The lowest BCUT2D eigenvalue weighted by atomic mass is 10.2. The molecule has 1 fully saturated rings. The van der Waals surface area contributed by atoms with Gasteiger partial charge in [0.1, 0.15) is 5.84 Å². The van der Waals surface area contributed by atoms with Crippen LogP contribution in [0.2, 0.25) is 0 Å². The molecule has 0 radical (unpaired) electrons. The first-order valence-corrected chi connectivity index (χ1v) is 5.45. The average Bonchev–Trinajstić information content (AvgIpc) is 2.63. The lowest BCUT2D eigenvalue weighted by Crippen LogP contribution is -2.33. The van der Waals surface area contributed by atoms with Crippen molar-refractivity contribution in [2.75, 3.05) is 18.1 Å². The van der Waals surface area contributed by atoms with Crippen molar-refractivity contribution in [2.45, 2.75) is 13.8 Å². The Balaban J connectivity index is 2.13. The van der Waals surface area contributed by atoms with E-state index < -0.39 is 0 Å². The van der Waals surface area contributed by atoms with Gasteiger partial charge in [0.25, 0.3) is 0 Å². The van der Waals surface area contributed by atoms with Gasteiger partial charge in [-0.05, 0) is 19.1 Å². The summed E-state index contributed by atoms with van der Waals surface area (Å²) >= 11 is 0. The Hall–Kier alpha value is -1.51. The SMILES string of the molecule is CCN=C1NN(c2ccccc2)CC1C. The fraction of sp³-hybridized carbons (Fsp3) is 0.417. The molecule has 1 unspecified atom stereocenters. The molecule has 2 rings (SSSR count). The lowest BCUT2D eigenvalue weighted by Gasteiger charge is -2.17. The van der Waals surface area contributed by atoms with Gasteiger partial charge in [-0.3, -0.25) is 15.4 Å². The zero-order chi connectivity index (χ0) is 10.7. The Bertz CT molecular complexity index is 345. The third-order valence-electron chi connectivity index (χ3n) is 2.57. The first-order chi connectivity index (χ1) is 7.31. The van der Waals surface area contributed by atoms with Gasteiger partial charge in [-0.25, -0.2) is 0 Å². The maximum Gasteiger partial charge on any atom is 0.120 e. The molecule has 3 heteroatoms. The summed E-state index contributed by atoms with van der Waals surface area (Å²) in [4.78, 5) is 4.44. The van der Waals surface area contributed by atoms with E-state index in [0.29, 0.717) is 5.92 Å². The van der Waals surface area contributed by atoms with Crippen LogP contribution in [0.4, 0.5) is 5.69 Å². The average molecular weight is 203 g/mol. The van der Waals surface area contributed by atoms with Crippen molar-refractivity contribution < 1.29 is 0 Å². The predicted octanol–water partition coefficient (Wildman–Crippen LogP) is 2.07. The number of amidine groups is 1. The van der Waals surface area contributed by atoms with Crippen molar-refractivity contribution in [3.63, 3.8) is 0 Å². The predicted molar refractivity (Wildman–Crippen MR) is 64.1 cm³/mol. The van der Waals surface area contributed by atoms with Crippen LogP contribution in [0.3, 0.4) is 0 Å². The van der Waals surface area contributed by atoms with Gasteiger partial charge in [0.2, 0.25) is 0 Å². The molecule has 1 heterocycles. The van der Waals surface area contributed by atoms with Crippen molar-refractivity contribution >= 4 is 11.5 Å². The van der Waals surface area contributed by atoms with Gasteiger partial charge in [0, 0.05) is 19.0 Å². The number of para-hydroxylation sites is 1. The monoisotopic (exact) mass is 203 g/mol. The number of hydrogen-bond donors (Lipinski definition) is 1. The van der Waals surface area contributed by atoms with Gasteiger partial charge in [-0.2, -0.15) is 0 Å². The summed E-state index contributed by atoms with van der Waals surface area (Å²) in [6, 6.07) is 10.3. The summed E-state index contributed by atoms with van der Waals surface area (Å²) in [5.74, 6) is 1.59. The maximum atomic E-state index is 4.44. The minimum atomic E-state index is 0.491. The third kappa shape index (κ3) is 2.12. The van der Waals surface area contributed by atoms with E-state index >= 15 is 0 Å². The minimum Gasteiger partial charge on any atom is -0.286 e. The molecule has 1 aromatic carbocycles. The van der Waals surface area contributed by atoms with Gasteiger partial charge in [-0.1, -0.05) is 25.1 Å². The van der Waals surface area contributed by atoms with Gasteiger partial charge < -0.3 is 0 Å². The minimum absolute atomic E-state index is 0.491. The number of benzene rings is 1.